The molecular weight excluding hydrogens is 336 g/mol. The summed E-state index contributed by atoms with van der Waals surface area (Å²) in [5.41, 5.74) is 1.11. The van der Waals surface area contributed by atoms with Crippen molar-refractivity contribution in [1.82, 2.24) is 19.2 Å². The largest absolute Gasteiger partial charge is 0.497 e. The van der Waals surface area contributed by atoms with Crippen LogP contribution < -0.4 is 9.47 Å². The van der Waals surface area contributed by atoms with Crippen LogP contribution >= 0.6 is 12.2 Å². The van der Waals surface area contributed by atoms with Crippen molar-refractivity contribution >= 4 is 12.2 Å². The topological polar surface area (TPSA) is 44.5 Å². The highest BCUT2D eigenvalue weighted by molar-refractivity contribution is 7.71. The second-order valence-electron chi connectivity index (χ2n) is 6.71. The Labute approximate surface area is 154 Å². The molecule has 0 atom stereocenters. The van der Waals surface area contributed by atoms with Crippen molar-refractivity contribution in [3.63, 3.8) is 0 Å². The SMILES string of the molecule is COc1ccc(OC)c(CN(Cn2ncn(C(C)C)c2=S)C2CC2)c1. The summed E-state index contributed by atoms with van der Waals surface area (Å²) in [6.45, 7) is 5.69. The minimum absolute atomic E-state index is 0.314. The molecule has 0 aliphatic heterocycles. The van der Waals surface area contributed by atoms with Crippen molar-refractivity contribution in [3.8, 4) is 11.5 Å². The van der Waals surface area contributed by atoms with Gasteiger partial charge in [0.2, 0.25) is 0 Å². The van der Waals surface area contributed by atoms with Crippen molar-refractivity contribution in [1.29, 1.82) is 0 Å². The van der Waals surface area contributed by atoms with Crippen LogP contribution in [0, 0.1) is 4.77 Å². The fourth-order valence-electron chi connectivity index (χ4n) is 2.93. The third-order valence-corrected chi connectivity index (χ3v) is 4.97. The van der Waals surface area contributed by atoms with Crippen LogP contribution in [-0.4, -0.2) is 39.5 Å². The Morgan fingerprint density at radius 3 is 2.60 bits per heavy atom. The van der Waals surface area contributed by atoms with E-state index < -0.39 is 0 Å². The van der Waals surface area contributed by atoms with Crippen LogP contribution in [0.5, 0.6) is 11.5 Å². The molecule has 3 rings (SSSR count). The maximum absolute atomic E-state index is 5.57. The van der Waals surface area contributed by atoms with Crippen LogP contribution in [0.15, 0.2) is 24.5 Å². The van der Waals surface area contributed by atoms with Crippen molar-refractivity contribution < 1.29 is 9.47 Å². The van der Waals surface area contributed by atoms with E-state index in [1.165, 1.54) is 12.8 Å². The van der Waals surface area contributed by atoms with Crippen LogP contribution in [0.1, 0.15) is 38.3 Å². The van der Waals surface area contributed by atoms with E-state index in [9.17, 15) is 0 Å². The standard InChI is InChI=1S/C18H26N4O2S/c1-13(2)21-11-19-22(18(21)25)12-20(15-5-6-15)10-14-9-16(23-3)7-8-17(14)24-4/h7-9,11,13,15H,5-6,10,12H2,1-4H3. The first-order valence-corrected chi connectivity index (χ1v) is 9.03. The zero-order valence-electron chi connectivity index (χ0n) is 15.3. The lowest BCUT2D eigenvalue weighted by molar-refractivity contribution is 0.184. The summed E-state index contributed by atoms with van der Waals surface area (Å²) in [7, 11) is 3.38. The minimum atomic E-state index is 0.314. The average molecular weight is 362 g/mol. The number of ether oxygens (including phenoxy) is 2. The van der Waals surface area contributed by atoms with Crippen LogP contribution in [0.2, 0.25) is 0 Å². The summed E-state index contributed by atoms with van der Waals surface area (Å²) in [6, 6.07) is 6.80. The summed E-state index contributed by atoms with van der Waals surface area (Å²) in [4.78, 5) is 2.41. The number of rotatable bonds is 8. The first-order chi connectivity index (χ1) is 12.0. The van der Waals surface area contributed by atoms with E-state index in [0.29, 0.717) is 18.8 Å². The Hall–Kier alpha value is -1.86. The molecule has 0 saturated heterocycles. The van der Waals surface area contributed by atoms with Crippen molar-refractivity contribution in [2.24, 2.45) is 0 Å². The van der Waals surface area contributed by atoms with E-state index in [4.69, 9.17) is 21.7 Å². The number of methoxy groups -OCH3 is 2. The van der Waals surface area contributed by atoms with Crippen molar-refractivity contribution in [3.05, 3.63) is 34.9 Å². The zero-order chi connectivity index (χ0) is 18.0. The molecule has 0 N–H and O–H groups in total. The first-order valence-electron chi connectivity index (χ1n) is 8.62. The summed E-state index contributed by atoms with van der Waals surface area (Å²) >= 11 is 5.57. The van der Waals surface area contributed by atoms with Gasteiger partial charge in [-0.05, 0) is 57.1 Å². The van der Waals surface area contributed by atoms with Gasteiger partial charge in [-0.1, -0.05) is 0 Å². The van der Waals surface area contributed by atoms with Gasteiger partial charge in [-0.15, -0.1) is 0 Å². The number of nitrogens with zero attached hydrogens (tertiary/aromatic N) is 4. The third-order valence-electron chi connectivity index (χ3n) is 4.55. The molecule has 0 radical (unpaired) electrons. The molecule has 1 aliphatic rings. The predicted molar refractivity (Wildman–Crippen MR) is 99.5 cm³/mol. The van der Waals surface area contributed by atoms with Gasteiger partial charge in [-0.25, -0.2) is 4.68 Å². The minimum Gasteiger partial charge on any atom is -0.497 e. The number of hydrogen-bond acceptors (Lipinski definition) is 5. The summed E-state index contributed by atoms with van der Waals surface area (Å²) < 4.78 is 15.6. The Morgan fingerprint density at radius 2 is 2.04 bits per heavy atom. The fraction of sp³-hybridized carbons (Fsp3) is 0.556. The summed E-state index contributed by atoms with van der Waals surface area (Å²) in [5, 5.41) is 4.48. The molecule has 0 bridgehead atoms. The molecule has 0 spiro atoms. The molecule has 2 aromatic rings. The summed E-state index contributed by atoms with van der Waals surface area (Å²) in [5.74, 6) is 1.72. The zero-order valence-corrected chi connectivity index (χ0v) is 16.1. The summed E-state index contributed by atoms with van der Waals surface area (Å²) in [6.07, 6.45) is 4.25. The molecule has 7 heteroatoms. The fourth-order valence-corrected chi connectivity index (χ4v) is 3.29. The molecule has 1 aliphatic carbocycles. The number of hydrogen-bond donors (Lipinski definition) is 0. The maximum Gasteiger partial charge on any atom is 0.199 e. The molecule has 1 aromatic heterocycles. The highest BCUT2D eigenvalue weighted by Crippen LogP contribution is 2.32. The second kappa shape index (κ2) is 7.58. The van der Waals surface area contributed by atoms with Gasteiger partial charge in [-0.3, -0.25) is 4.90 Å². The normalized spacial score (nSPS) is 14.3. The highest BCUT2D eigenvalue weighted by Gasteiger charge is 2.30. The van der Waals surface area contributed by atoms with E-state index in [2.05, 4.69) is 23.8 Å². The van der Waals surface area contributed by atoms with Crippen LogP contribution in [0.25, 0.3) is 0 Å². The molecule has 1 aromatic carbocycles. The molecule has 1 saturated carbocycles. The number of aromatic nitrogens is 3. The molecule has 25 heavy (non-hydrogen) atoms. The molecule has 6 nitrogen and oxygen atoms in total. The lowest BCUT2D eigenvalue weighted by Gasteiger charge is -2.23. The Bertz CT molecular complexity index is 780. The smallest absolute Gasteiger partial charge is 0.199 e. The maximum atomic E-state index is 5.57. The van der Waals surface area contributed by atoms with Gasteiger partial charge in [0.15, 0.2) is 4.77 Å². The lowest BCUT2D eigenvalue weighted by atomic mass is 10.1. The lowest BCUT2D eigenvalue weighted by Crippen LogP contribution is -2.29. The van der Waals surface area contributed by atoms with Crippen LogP contribution in [-0.2, 0) is 13.2 Å². The number of benzene rings is 1. The monoisotopic (exact) mass is 362 g/mol. The van der Waals surface area contributed by atoms with Crippen LogP contribution in [0.4, 0.5) is 0 Å². The van der Waals surface area contributed by atoms with Gasteiger partial charge in [0.25, 0.3) is 0 Å². The molecule has 1 heterocycles. The van der Waals surface area contributed by atoms with Crippen LogP contribution in [0.3, 0.4) is 0 Å². The molecular formula is C18H26N4O2S. The van der Waals surface area contributed by atoms with E-state index in [0.717, 1.165) is 28.4 Å². The first kappa shape index (κ1) is 17.9. The average Bonchev–Trinajstić information content (AvgIpc) is 3.38. The Balaban J connectivity index is 1.82. The van der Waals surface area contributed by atoms with Gasteiger partial charge < -0.3 is 14.0 Å². The molecule has 136 valence electrons. The van der Waals surface area contributed by atoms with Gasteiger partial charge in [0, 0.05) is 24.2 Å². The quantitative estimate of drug-likeness (QED) is 0.671. The molecule has 1 fully saturated rings. The van der Waals surface area contributed by atoms with E-state index in [1.807, 2.05) is 33.8 Å². The van der Waals surface area contributed by atoms with E-state index in [1.54, 1.807) is 14.2 Å². The van der Waals surface area contributed by atoms with Gasteiger partial charge >= 0.3 is 0 Å². The molecule has 0 amide bonds. The Morgan fingerprint density at radius 1 is 1.28 bits per heavy atom. The third kappa shape index (κ3) is 4.04. The molecule has 0 unspecified atom stereocenters. The highest BCUT2D eigenvalue weighted by atomic mass is 32.1. The Kier molecular flexibility index (Phi) is 5.44. The van der Waals surface area contributed by atoms with Crippen molar-refractivity contribution in [2.75, 3.05) is 14.2 Å². The van der Waals surface area contributed by atoms with Gasteiger partial charge in [0.05, 0.1) is 20.9 Å². The predicted octanol–water partition coefficient (Wildman–Crippen LogP) is 3.63. The van der Waals surface area contributed by atoms with Gasteiger partial charge in [0.1, 0.15) is 17.8 Å². The van der Waals surface area contributed by atoms with Gasteiger partial charge in [-0.2, -0.15) is 5.10 Å². The van der Waals surface area contributed by atoms with Crippen molar-refractivity contribution in [2.45, 2.75) is 52.0 Å². The second-order valence-corrected chi connectivity index (χ2v) is 7.08. The van der Waals surface area contributed by atoms with E-state index in [-0.39, 0.29) is 0 Å². The van der Waals surface area contributed by atoms with E-state index >= 15 is 0 Å².